The number of thiophene rings is 1. The molecule has 2 amide bonds. The summed E-state index contributed by atoms with van der Waals surface area (Å²) in [5.74, 6) is -0.173. The molecule has 4 nitrogen and oxygen atoms in total. The van der Waals surface area contributed by atoms with Crippen molar-refractivity contribution < 1.29 is 9.59 Å². The molecule has 0 radical (unpaired) electrons. The van der Waals surface area contributed by atoms with E-state index in [9.17, 15) is 9.59 Å². The number of hydrogen-bond donors (Lipinski definition) is 1. The third-order valence-corrected chi connectivity index (χ3v) is 4.54. The lowest BCUT2D eigenvalue weighted by Gasteiger charge is -2.17. The minimum absolute atomic E-state index is 0.0158. The Kier molecular flexibility index (Phi) is 5.14. The van der Waals surface area contributed by atoms with Gasteiger partial charge in [0.25, 0.3) is 5.91 Å². The van der Waals surface area contributed by atoms with Crippen molar-refractivity contribution in [1.82, 2.24) is 4.90 Å². The SMILES string of the molecule is CC(=O)N(C)Cc1ccccc1NC(=O)c1csc(Br)c1. The van der Waals surface area contributed by atoms with Crippen LogP contribution in [-0.4, -0.2) is 23.8 Å². The van der Waals surface area contributed by atoms with E-state index in [1.165, 1.54) is 18.3 Å². The van der Waals surface area contributed by atoms with Gasteiger partial charge in [-0.1, -0.05) is 18.2 Å². The lowest BCUT2D eigenvalue weighted by atomic mass is 10.1. The average Bonchev–Trinajstić information content (AvgIpc) is 2.87. The summed E-state index contributed by atoms with van der Waals surface area (Å²) in [4.78, 5) is 25.1. The lowest BCUT2D eigenvalue weighted by molar-refractivity contribution is -0.128. The Morgan fingerprint density at radius 1 is 1.33 bits per heavy atom. The summed E-state index contributed by atoms with van der Waals surface area (Å²) in [7, 11) is 1.73. The normalized spacial score (nSPS) is 10.2. The topological polar surface area (TPSA) is 49.4 Å². The van der Waals surface area contributed by atoms with Gasteiger partial charge in [-0.25, -0.2) is 0 Å². The van der Waals surface area contributed by atoms with Crippen LogP contribution in [0, 0.1) is 0 Å². The molecule has 0 bridgehead atoms. The molecule has 0 aliphatic carbocycles. The van der Waals surface area contributed by atoms with Crippen LogP contribution in [0.4, 0.5) is 5.69 Å². The number of nitrogens with one attached hydrogen (secondary N) is 1. The summed E-state index contributed by atoms with van der Waals surface area (Å²) in [5.41, 5.74) is 2.23. The van der Waals surface area contributed by atoms with E-state index >= 15 is 0 Å². The number of benzene rings is 1. The van der Waals surface area contributed by atoms with Gasteiger partial charge >= 0.3 is 0 Å². The number of anilines is 1. The van der Waals surface area contributed by atoms with Crippen molar-refractivity contribution in [2.75, 3.05) is 12.4 Å². The average molecular weight is 367 g/mol. The zero-order chi connectivity index (χ0) is 15.4. The highest BCUT2D eigenvalue weighted by molar-refractivity contribution is 9.11. The third kappa shape index (κ3) is 4.15. The molecule has 0 spiro atoms. The van der Waals surface area contributed by atoms with Gasteiger partial charge in [-0.15, -0.1) is 11.3 Å². The van der Waals surface area contributed by atoms with Gasteiger partial charge in [0, 0.05) is 31.6 Å². The highest BCUT2D eigenvalue weighted by atomic mass is 79.9. The van der Waals surface area contributed by atoms with Crippen LogP contribution in [-0.2, 0) is 11.3 Å². The second-order valence-corrected chi connectivity index (χ2v) is 6.92. The fraction of sp³-hybridized carbons (Fsp3) is 0.200. The molecular weight excluding hydrogens is 352 g/mol. The molecule has 2 aromatic rings. The Morgan fingerprint density at radius 2 is 2.05 bits per heavy atom. The van der Waals surface area contributed by atoms with Crippen LogP contribution < -0.4 is 5.32 Å². The molecule has 0 atom stereocenters. The zero-order valence-electron chi connectivity index (χ0n) is 11.7. The molecule has 0 unspecified atom stereocenters. The fourth-order valence-electron chi connectivity index (χ4n) is 1.77. The minimum atomic E-state index is -0.158. The molecule has 0 aliphatic heterocycles. The molecule has 0 saturated heterocycles. The second kappa shape index (κ2) is 6.87. The van der Waals surface area contributed by atoms with E-state index in [1.54, 1.807) is 23.4 Å². The number of carbonyl (C=O) groups excluding carboxylic acids is 2. The summed E-state index contributed by atoms with van der Waals surface area (Å²) in [6, 6.07) is 9.27. The molecule has 0 saturated carbocycles. The fourth-order valence-corrected chi connectivity index (χ4v) is 2.91. The van der Waals surface area contributed by atoms with Gasteiger partial charge in [0.2, 0.25) is 5.91 Å². The summed E-state index contributed by atoms with van der Waals surface area (Å²) in [6.07, 6.45) is 0. The lowest BCUT2D eigenvalue weighted by Crippen LogP contribution is -2.24. The van der Waals surface area contributed by atoms with E-state index in [2.05, 4.69) is 21.2 Å². The Labute approximate surface area is 135 Å². The van der Waals surface area contributed by atoms with Crippen LogP contribution in [0.2, 0.25) is 0 Å². The number of halogens is 1. The Bertz CT molecular complexity index is 669. The number of rotatable bonds is 4. The number of carbonyl (C=O) groups is 2. The minimum Gasteiger partial charge on any atom is -0.342 e. The van der Waals surface area contributed by atoms with E-state index in [1.807, 2.05) is 24.3 Å². The maximum absolute atomic E-state index is 12.2. The molecule has 1 heterocycles. The zero-order valence-corrected chi connectivity index (χ0v) is 14.1. The molecule has 0 fully saturated rings. The van der Waals surface area contributed by atoms with Crippen LogP contribution in [0.15, 0.2) is 39.5 Å². The molecule has 1 aromatic carbocycles. The van der Waals surface area contributed by atoms with E-state index in [0.29, 0.717) is 12.1 Å². The van der Waals surface area contributed by atoms with Gasteiger partial charge in [0.1, 0.15) is 0 Å². The highest BCUT2D eigenvalue weighted by Crippen LogP contribution is 2.23. The summed E-state index contributed by atoms with van der Waals surface area (Å²) < 4.78 is 0.914. The van der Waals surface area contributed by atoms with Gasteiger partial charge in [-0.05, 0) is 33.6 Å². The Morgan fingerprint density at radius 3 is 2.67 bits per heavy atom. The van der Waals surface area contributed by atoms with Gasteiger partial charge < -0.3 is 10.2 Å². The van der Waals surface area contributed by atoms with Crippen molar-refractivity contribution in [2.45, 2.75) is 13.5 Å². The van der Waals surface area contributed by atoms with Crippen molar-refractivity contribution in [3.8, 4) is 0 Å². The summed E-state index contributed by atoms with van der Waals surface area (Å²) in [5, 5.41) is 4.69. The maximum atomic E-state index is 12.2. The third-order valence-electron chi connectivity index (χ3n) is 3.04. The molecule has 110 valence electrons. The molecule has 2 rings (SSSR count). The number of hydrogen-bond acceptors (Lipinski definition) is 3. The second-order valence-electron chi connectivity index (χ2n) is 4.63. The monoisotopic (exact) mass is 366 g/mol. The molecule has 6 heteroatoms. The smallest absolute Gasteiger partial charge is 0.256 e. The number of nitrogens with zero attached hydrogens (tertiary/aromatic N) is 1. The van der Waals surface area contributed by atoms with Crippen LogP contribution in [0.1, 0.15) is 22.8 Å². The van der Waals surface area contributed by atoms with Crippen LogP contribution >= 0.6 is 27.3 Å². The predicted octanol–water partition coefficient (Wildman–Crippen LogP) is 3.74. The summed E-state index contributed by atoms with van der Waals surface area (Å²) in [6.45, 7) is 1.98. The van der Waals surface area contributed by atoms with E-state index < -0.39 is 0 Å². The highest BCUT2D eigenvalue weighted by Gasteiger charge is 2.12. The molecule has 1 N–H and O–H groups in total. The van der Waals surface area contributed by atoms with Crippen molar-refractivity contribution in [2.24, 2.45) is 0 Å². The van der Waals surface area contributed by atoms with E-state index in [-0.39, 0.29) is 11.8 Å². The number of amides is 2. The summed E-state index contributed by atoms with van der Waals surface area (Å²) >= 11 is 4.81. The Hall–Kier alpha value is -1.66. The van der Waals surface area contributed by atoms with Crippen LogP contribution in [0.3, 0.4) is 0 Å². The van der Waals surface area contributed by atoms with Crippen molar-refractivity contribution >= 4 is 44.8 Å². The van der Waals surface area contributed by atoms with Gasteiger partial charge in [-0.3, -0.25) is 9.59 Å². The quantitative estimate of drug-likeness (QED) is 0.895. The van der Waals surface area contributed by atoms with Crippen molar-refractivity contribution in [3.63, 3.8) is 0 Å². The van der Waals surface area contributed by atoms with Crippen LogP contribution in [0.5, 0.6) is 0 Å². The van der Waals surface area contributed by atoms with E-state index in [4.69, 9.17) is 0 Å². The molecule has 0 aliphatic rings. The Balaban J connectivity index is 2.16. The first kappa shape index (κ1) is 15.7. The van der Waals surface area contributed by atoms with Crippen molar-refractivity contribution in [1.29, 1.82) is 0 Å². The predicted molar refractivity (Wildman–Crippen MR) is 88.6 cm³/mol. The number of para-hydroxylation sites is 1. The molecule has 21 heavy (non-hydrogen) atoms. The largest absolute Gasteiger partial charge is 0.342 e. The first-order valence-electron chi connectivity index (χ1n) is 6.32. The van der Waals surface area contributed by atoms with Gasteiger partial charge in [0.15, 0.2) is 0 Å². The van der Waals surface area contributed by atoms with Gasteiger partial charge in [0.05, 0.1) is 9.35 Å². The molecular formula is C15H15BrN2O2S. The molecule has 1 aromatic heterocycles. The first-order valence-corrected chi connectivity index (χ1v) is 7.99. The van der Waals surface area contributed by atoms with E-state index in [0.717, 1.165) is 15.0 Å². The van der Waals surface area contributed by atoms with Gasteiger partial charge in [-0.2, -0.15) is 0 Å². The maximum Gasteiger partial charge on any atom is 0.256 e. The first-order chi connectivity index (χ1) is 9.97. The standard InChI is InChI=1S/C15H15BrN2O2S/c1-10(19)18(2)8-11-5-3-4-6-13(11)17-15(20)12-7-14(16)21-9-12/h3-7,9H,8H2,1-2H3,(H,17,20). The van der Waals surface area contributed by atoms with Crippen LogP contribution in [0.25, 0.3) is 0 Å². The van der Waals surface area contributed by atoms with Crippen molar-refractivity contribution in [3.05, 3.63) is 50.6 Å².